The van der Waals surface area contributed by atoms with Crippen LogP contribution in [0.4, 0.5) is 0 Å². The lowest BCUT2D eigenvalue weighted by Crippen LogP contribution is -2.32. The molecule has 0 aliphatic heterocycles. The fourth-order valence-corrected chi connectivity index (χ4v) is 3.81. The zero-order valence-corrected chi connectivity index (χ0v) is 21.0. The third-order valence-corrected chi connectivity index (χ3v) is 5.39. The number of rotatable bonds is 13. The summed E-state index contributed by atoms with van der Waals surface area (Å²) in [6.07, 6.45) is 2.23. The summed E-state index contributed by atoms with van der Waals surface area (Å²) < 4.78 is 13.7. The van der Waals surface area contributed by atoms with Crippen molar-refractivity contribution < 1.29 is 14.3 Å². The van der Waals surface area contributed by atoms with Crippen LogP contribution in [0.15, 0.2) is 18.2 Å². The van der Waals surface area contributed by atoms with Gasteiger partial charge in [-0.15, -0.1) is 0 Å². The minimum absolute atomic E-state index is 0.131. The van der Waals surface area contributed by atoms with Gasteiger partial charge in [-0.05, 0) is 57.2 Å². The largest absolute Gasteiger partial charge is 0.490 e. The van der Waals surface area contributed by atoms with Gasteiger partial charge in [-0.3, -0.25) is 9.48 Å². The molecular weight excluding hydrogens is 402 g/mol. The van der Waals surface area contributed by atoms with E-state index in [1.165, 1.54) is 0 Å². The van der Waals surface area contributed by atoms with E-state index >= 15 is 0 Å². The fraction of sp³-hybridized carbons (Fsp3) is 0.615. The highest BCUT2D eigenvalue weighted by atomic mass is 16.5. The molecule has 32 heavy (non-hydrogen) atoms. The third-order valence-electron chi connectivity index (χ3n) is 5.39. The van der Waals surface area contributed by atoms with Crippen LogP contribution in [0.3, 0.4) is 0 Å². The molecule has 2 aromatic rings. The van der Waals surface area contributed by atoms with Crippen LogP contribution in [0.1, 0.15) is 70.0 Å². The number of nitrogens with zero attached hydrogens (tertiary/aromatic N) is 3. The number of carbonyl (C=O) groups excluding carboxylic acids is 1. The van der Waals surface area contributed by atoms with Crippen LogP contribution in [0.2, 0.25) is 0 Å². The number of carbonyl (C=O) groups is 1. The number of hydrogen-bond acceptors (Lipinski definition) is 4. The summed E-state index contributed by atoms with van der Waals surface area (Å²) in [5.74, 6) is 2.14. The molecule has 0 aliphatic carbocycles. The van der Waals surface area contributed by atoms with E-state index in [1.54, 1.807) is 0 Å². The summed E-state index contributed by atoms with van der Waals surface area (Å²) in [5, 5.41) is 4.67. The Morgan fingerprint density at radius 2 is 1.84 bits per heavy atom. The van der Waals surface area contributed by atoms with Crippen molar-refractivity contribution in [2.75, 3.05) is 19.8 Å². The maximum atomic E-state index is 13.3. The summed E-state index contributed by atoms with van der Waals surface area (Å²) in [7, 11) is 0. The average Bonchev–Trinajstić information content (AvgIpc) is 2.99. The topological polar surface area (TPSA) is 56.6 Å². The number of aryl methyl sites for hydroxylation is 1. The monoisotopic (exact) mass is 443 g/mol. The van der Waals surface area contributed by atoms with E-state index in [0.717, 1.165) is 59.9 Å². The van der Waals surface area contributed by atoms with Gasteiger partial charge in [0.05, 0.1) is 25.3 Å². The first-order chi connectivity index (χ1) is 15.3. The van der Waals surface area contributed by atoms with E-state index in [0.29, 0.717) is 32.1 Å². The Hall–Kier alpha value is -2.50. The second-order valence-corrected chi connectivity index (χ2v) is 8.78. The Morgan fingerprint density at radius 3 is 2.47 bits per heavy atom. The quantitative estimate of drug-likeness (QED) is 0.420. The van der Waals surface area contributed by atoms with Crippen LogP contribution in [0, 0.1) is 19.8 Å². The van der Waals surface area contributed by atoms with Crippen molar-refractivity contribution in [1.29, 1.82) is 0 Å². The molecule has 0 saturated heterocycles. The summed E-state index contributed by atoms with van der Waals surface area (Å²) in [6.45, 7) is 17.9. The lowest BCUT2D eigenvalue weighted by atomic mass is 10.1. The summed E-state index contributed by atoms with van der Waals surface area (Å²) in [4.78, 5) is 15.2. The van der Waals surface area contributed by atoms with Gasteiger partial charge in [0.25, 0.3) is 0 Å². The highest BCUT2D eigenvalue weighted by molar-refractivity contribution is 5.79. The Kier molecular flexibility index (Phi) is 10.1. The molecule has 1 amide bonds. The van der Waals surface area contributed by atoms with Gasteiger partial charge >= 0.3 is 0 Å². The molecule has 0 fully saturated rings. The van der Waals surface area contributed by atoms with E-state index < -0.39 is 0 Å². The van der Waals surface area contributed by atoms with Crippen molar-refractivity contribution in [2.45, 2.75) is 80.8 Å². The second kappa shape index (κ2) is 12.5. The second-order valence-electron chi connectivity index (χ2n) is 8.78. The first kappa shape index (κ1) is 25.8. The molecule has 1 aromatic heterocycles. The minimum atomic E-state index is 0.131. The summed E-state index contributed by atoms with van der Waals surface area (Å²) >= 11 is 0. The first-order valence-electron chi connectivity index (χ1n) is 12.0. The van der Waals surface area contributed by atoms with Crippen molar-refractivity contribution in [3.05, 3.63) is 40.7 Å². The third kappa shape index (κ3) is 7.01. The maximum Gasteiger partial charge on any atom is 0.227 e. The molecule has 0 radical (unpaired) electrons. The summed E-state index contributed by atoms with van der Waals surface area (Å²) in [6, 6.07) is 5.98. The average molecular weight is 444 g/mol. The normalized spacial score (nSPS) is 11.1. The fourth-order valence-electron chi connectivity index (χ4n) is 3.81. The van der Waals surface area contributed by atoms with Gasteiger partial charge in [0.2, 0.25) is 5.91 Å². The van der Waals surface area contributed by atoms with Crippen molar-refractivity contribution in [3.8, 4) is 11.5 Å². The molecule has 0 saturated carbocycles. The number of hydrogen-bond donors (Lipinski definition) is 0. The molecule has 0 unspecified atom stereocenters. The lowest BCUT2D eigenvalue weighted by molar-refractivity contribution is -0.131. The van der Waals surface area contributed by atoms with Crippen LogP contribution in [0.5, 0.6) is 11.5 Å². The predicted molar refractivity (Wildman–Crippen MR) is 129 cm³/mol. The Bertz CT molecular complexity index is 873. The Morgan fingerprint density at radius 1 is 1.09 bits per heavy atom. The van der Waals surface area contributed by atoms with Crippen LogP contribution in [-0.4, -0.2) is 40.3 Å². The molecule has 6 nitrogen and oxygen atoms in total. The predicted octanol–water partition coefficient (Wildman–Crippen LogP) is 5.32. The van der Waals surface area contributed by atoms with Gasteiger partial charge in [0.15, 0.2) is 11.5 Å². The molecule has 1 aromatic carbocycles. The van der Waals surface area contributed by atoms with E-state index in [9.17, 15) is 4.79 Å². The van der Waals surface area contributed by atoms with Crippen molar-refractivity contribution >= 4 is 5.91 Å². The van der Waals surface area contributed by atoms with Gasteiger partial charge in [-0.1, -0.05) is 33.8 Å². The molecule has 0 N–H and O–H groups in total. The van der Waals surface area contributed by atoms with Crippen LogP contribution in [-0.2, 0) is 24.3 Å². The van der Waals surface area contributed by atoms with Crippen LogP contribution >= 0.6 is 0 Å². The van der Waals surface area contributed by atoms with Crippen molar-refractivity contribution in [1.82, 2.24) is 14.7 Å². The SMILES string of the molecule is CCCOc1ccc(CN(CCC)C(=O)Cc2c(C)nn(CC(C)C)c2C)cc1OCC. The van der Waals surface area contributed by atoms with Gasteiger partial charge in [0.1, 0.15) is 0 Å². The Labute approximate surface area is 193 Å². The van der Waals surface area contributed by atoms with Gasteiger partial charge in [-0.2, -0.15) is 5.10 Å². The molecule has 178 valence electrons. The van der Waals surface area contributed by atoms with E-state index in [4.69, 9.17) is 9.47 Å². The molecule has 0 atom stereocenters. The molecule has 0 aliphatic rings. The molecular formula is C26H41N3O3. The molecule has 2 rings (SSSR count). The lowest BCUT2D eigenvalue weighted by Gasteiger charge is -2.23. The highest BCUT2D eigenvalue weighted by Gasteiger charge is 2.20. The summed E-state index contributed by atoms with van der Waals surface area (Å²) in [5.41, 5.74) is 4.14. The van der Waals surface area contributed by atoms with Gasteiger partial charge < -0.3 is 14.4 Å². The van der Waals surface area contributed by atoms with Crippen LogP contribution < -0.4 is 9.47 Å². The van der Waals surface area contributed by atoms with Crippen LogP contribution in [0.25, 0.3) is 0 Å². The number of ether oxygens (including phenoxy) is 2. The molecule has 0 bridgehead atoms. The molecule has 0 spiro atoms. The van der Waals surface area contributed by atoms with Crippen molar-refractivity contribution in [3.63, 3.8) is 0 Å². The zero-order valence-electron chi connectivity index (χ0n) is 21.0. The van der Waals surface area contributed by atoms with Crippen molar-refractivity contribution in [2.24, 2.45) is 5.92 Å². The van der Waals surface area contributed by atoms with E-state index in [-0.39, 0.29) is 5.91 Å². The number of benzene rings is 1. The zero-order chi connectivity index (χ0) is 23.7. The standard InChI is InChI=1S/C26H41N3O3/c1-8-13-28(18-22-11-12-24(32-14-9-2)25(15-22)31-10-3)26(30)16-23-20(6)27-29(21(23)7)17-19(4)5/h11-12,15,19H,8-10,13-14,16-18H2,1-7H3. The Balaban J connectivity index is 2.19. The first-order valence-corrected chi connectivity index (χ1v) is 12.0. The highest BCUT2D eigenvalue weighted by Crippen LogP contribution is 2.29. The van der Waals surface area contributed by atoms with Gasteiger partial charge in [0, 0.05) is 30.9 Å². The molecule has 6 heteroatoms. The maximum absolute atomic E-state index is 13.3. The van der Waals surface area contributed by atoms with E-state index in [1.807, 2.05) is 41.6 Å². The minimum Gasteiger partial charge on any atom is -0.490 e. The van der Waals surface area contributed by atoms with E-state index in [2.05, 4.69) is 39.7 Å². The number of aromatic nitrogens is 2. The van der Waals surface area contributed by atoms with Gasteiger partial charge in [-0.25, -0.2) is 0 Å². The molecule has 1 heterocycles. The smallest absolute Gasteiger partial charge is 0.227 e. The number of amides is 1.